The topological polar surface area (TPSA) is 26.0 Å². The van der Waals surface area contributed by atoms with Crippen LogP contribution in [0.1, 0.15) is 16.7 Å². The van der Waals surface area contributed by atoms with Gasteiger partial charge in [-0.25, -0.2) is 0 Å². The smallest absolute Gasteiger partial charge is 0.0425 e. The lowest BCUT2D eigenvalue weighted by Gasteiger charge is -2.14. The fourth-order valence-corrected chi connectivity index (χ4v) is 2.04. The molecule has 66 valence electrons. The first-order chi connectivity index (χ1) is 5.46. The maximum absolute atomic E-state index is 5.92. The van der Waals surface area contributed by atoms with Crippen LogP contribution in [0.3, 0.4) is 0 Å². The third-order valence-corrected chi connectivity index (χ3v) is 4.21. The molecule has 0 radical (unpaired) electrons. The number of nitrogen functional groups attached to an aromatic ring is 1. The summed E-state index contributed by atoms with van der Waals surface area (Å²) in [4.78, 5) is 0. The summed E-state index contributed by atoms with van der Waals surface area (Å²) in [6, 6.07) is 0. The van der Waals surface area contributed by atoms with Crippen molar-refractivity contribution in [1.29, 1.82) is 0 Å². The molecule has 2 atom stereocenters. The summed E-state index contributed by atoms with van der Waals surface area (Å²) in [5, 5.41) is 2.32. The monoisotopic (exact) mass is 199 g/mol. The first kappa shape index (κ1) is 9.96. The Labute approximate surface area is 78.5 Å². The molecule has 0 spiro atoms. The van der Waals surface area contributed by atoms with Gasteiger partial charge in [0.2, 0.25) is 0 Å². The summed E-state index contributed by atoms with van der Waals surface area (Å²) in [5.74, 6) is 0. The van der Waals surface area contributed by atoms with Crippen molar-refractivity contribution in [2.45, 2.75) is 20.8 Å². The normalized spacial score (nSPS) is 10.4. The van der Waals surface area contributed by atoms with E-state index in [9.17, 15) is 0 Å². The van der Waals surface area contributed by atoms with Gasteiger partial charge in [0.05, 0.1) is 0 Å². The molecular formula is C9H15NP2. The lowest BCUT2D eigenvalue weighted by atomic mass is 10.0. The van der Waals surface area contributed by atoms with Crippen LogP contribution in [-0.4, -0.2) is 0 Å². The van der Waals surface area contributed by atoms with Gasteiger partial charge in [-0.15, -0.1) is 18.5 Å². The van der Waals surface area contributed by atoms with Crippen LogP contribution in [-0.2, 0) is 0 Å². The molecule has 1 nitrogen and oxygen atoms in total. The summed E-state index contributed by atoms with van der Waals surface area (Å²) < 4.78 is 0. The summed E-state index contributed by atoms with van der Waals surface area (Å²) in [5.41, 5.74) is 10.6. The number of hydrogen-bond acceptors (Lipinski definition) is 1. The predicted molar refractivity (Wildman–Crippen MR) is 63.8 cm³/mol. The zero-order valence-electron chi connectivity index (χ0n) is 7.73. The van der Waals surface area contributed by atoms with Gasteiger partial charge in [0, 0.05) is 11.0 Å². The van der Waals surface area contributed by atoms with Crippen molar-refractivity contribution in [3.8, 4) is 0 Å². The lowest BCUT2D eigenvalue weighted by molar-refractivity contribution is 1.30. The van der Waals surface area contributed by atoms with Gasteiger partial charge in [0.15, 0.2) is 0 Å². The van der Waals surface area contributed by atoms with Gasteiger partial charge in [0.1, 0.15) is 0 Å². The van der Waals surface area contributed by atoms with Gasteiger partial charge in [-0.3, -0.25) is 0 Å². The molecule has 0 bridgehead atoms. The SMILES string of the molecule is Cc1c(C)c(N)c(P)c(P)c1C. The average Bonchev–Trinajstić information content (AvgIpc) is 2.08. The van der Waals surface area contributed by atoms with Gasteiger partial charge < -0.3 is 5.73 Å². The van der Waals surface area contributed by atoms with Crippen molar-refractivity contribution in [3.63, 3.8) is 0 Å². The first-order valence-corrected chi connectivity index (χ1v) is 5.02. The van der Waals surface area contributed by atoms with Crippen molar-refractivity contribution in [3.05, 3.63) is 16.7 Å². The van der Waals surface area contributed by atoms with Crippen LogP contribution in [0.25, 0.3) is 0 Å². The molecule has 3 heteroatoms. The summed E-state index contributed by atoms with van der Waals surface area (Å²) in [6.07, 6.45) is 0. The molecule has 0 saturated carbocycles. The summed E-state index contributed by atoms with van der Waals surface area (Å²) >= 11 is 0. The molecule has 0 aromatic heterocycles. The zero-order chi connectivity index (χ0) is 9.46. The van der Waals surface area contributed by atoms with E-state index in [1.54, 1.807) is 0 Å². The van der Waals surface area contributed by atoms with Gasteiger partial charge in [-0.2, -0.15) is 0 Å². The summed E-state index contributed by atoms with van der Waals surface area (Å²) in [6.45, 7) is 6.30. The van der Waals surface area contributed by atoms with Gasteiger partial charge in [0.25, 0.3) is 0 Å². The van der Waals surface area contributed by atoms with Crippen molar-refractivity contribution >= 4 is 34.8 Å². The van der Waals surface area contributed by atoms with Crippen molar-refractivity contribution in [2.75, 3.05) is 5.73 Å². The highest BCUT2D eigenvalue weighted by molar-refractivity contribution is 7.36. The number of nitrogens with two attached hydrogens (primary N) is 1. The van der Waals surface area contributed by atoms with Crippen LogP contribution >= 0.6 is 18.5 Å². The van der Waals surface area contributed by atoms with E-state index in [4.69, 9.17) is 5.73 Å². The number of benzene rings is 1. The van der Waals surface area contributed by atoms with E-state index in [-0.39, 0.29) is 0 Å². The third-order valence-electron chi connectivity index (χ3n) is 2.51. The highest BCUT2D eigenvalue weighted by Gasteiger charge is 2.08. The molecule has 1 aromatic carbocycles. The second-order valence-corrected chi connectivity index (χ2v) is 4.27. The van der Waals surface area contributed by atoms with Crippen LogP contribution in [0.5, 0.6) is 0 Å². The minimum absolute atomic E-state index is 0.896. The zero-order valence-corrected chi connectivity index (χ0v) is 10.0. The second kappa shape index (κ2) is 3.32. The van der Waals surface area contributed by atoms with Gasteiger partial charge in [-0.1, -0.05) is 0 Å². The van der Waals surface area contributed by atoms with E-state index in [0.717, 1.165) is 11.0 Å². The maximum Gasteiger partial charge on any atom is 0.0425 e. The quantitative estimate of drug-likeness (QED) is 0.493. The molecule has 1 aromatic rings. The second-order valence-electron chi connectivity index (χ2n) is 3.12. The Morgan fingerprint density at radius 3 is 1.83 bits per heavy atom. The Bertz CT molecular complexity index is 227. The Morgan fingerprint density at radius 1 is 0.833 bits per heavy atom. The van der Waals surface area contributed by atoms with Crippen LogP contribution < -0.4 is 16.3 Å². The van der Waals surface area contributed by atoms with E-state index in [0.29, 0.717) is 0 Å². The van der Waals surface area contributed by atoms with E-state index < -0.39 is 0 Å². The Balaban J connectivity index is 3.60. The van der Waals surface area contributed by atoms with Crippen molar-refractivity contribution in [2.24, 2.45) is 0 Å². The molecule has 1 rings (SSSR count). The Hall–Kier alpha value is -0.120. The molecule has 2 unspecified atom stereocenters. The fourth-order valence-electron chi connectivity index (χ4n) is 1.23. The Kier molecular flexibility index (Phi) is 2.76. The molecule has 0 saturated heterocycles. The largest absolute Gasteiger partial charge is 0.398 e. The van der Waals surface area contributed by atoms with Crippen LogP contribution in [0, 0.1) is 20.8 Å². The average molecular weight is 199 g/mol. The summed E-state index contributed by atoms with van der Waals surface area (Å²) in [7, 11) is 5.42. The number of anilines is 1. The predicted octanol–water partition coefficient (Wildman–Crippen LogP) is 1.19. The number of rotatable bonds is 0. The fraction of sp³-hybridized carbons (Fsp3) is 0.333. The van der Waals surface area contributed by atoms with Crippen molar-refractivity contribution < 1.29 is 0 Å². The molecular weight excluding hydrogens is 184 g/mol. The number of hydrogen-bond donors (Lipinski definition) is 1. The van der Waals surface area contributed by atoms with Crippen LogP contribution in [0.2, 0.25) is 0 Å². The molecule has 0 amide bonds. The molecule has 2 N–H and O–H groups in total. The molecule has 0 aliphatic rings. The lowest BCUT2D eigenvalue weighted by Crippen LogP contribution is -2.21. The van der Waals surface area contributed by atoms with Crippen LogP contribution in [0.15, 0.2) is 0 Å². The minimum atomic E-state index is 0.896. The van der Waals surface area contributed by atoms with E-state index >= 15 is 0 Å². The van der Waals surface area contributed by atoms with E-state index in [1.165, 1.54) is 22.0 Å². The maximum atomic E-state index is 5.92. The molecule has 0 aliphatic carbocycles. The van der Waals surface area contributed by atoms with Crippen molar-refractivity contribution in [1.82, 2.24) is 0 Å². The van der Waals surface area contributed by atoms with E-state index in [2.05, 4.69) is 39.3 Å². The first-order valence-electron chi connectivity index (χ1n) is 3.87. The minimum Gasteiger partial charge on any atom is -0.398 e. The standard InChI is InChI=1S/C9H15NP2/c1-4-5(2)7(10)9(12)8(11)6(4)3/h10-12H2,1-3H3. The Morgan fingerprint density at radius 2 is 1.33 bits per heavy atom. The highest BCUT2D eigenvalue weighted by atomic mass is 31.0. The molecule has 0 heterocycles. The van der Waals surface area contributed by atoms with E-state index in [1.807, 2.05) is 0 Å². The van der Waals surface area contributed by atoms with Crippen LogP contribution in [0.4, 0.5) is 5.69 Å². The molecule has 12 heavy (non-hydrogen) atoms. The van der Waals surface area contributed by atoms with Gasteiger partial charge >= 0.3 is 0 Å². The highest BCUT2D eigenvalue weighted by Crippen LogP contribution is 2.18. The molecule has 0 fully saturated rings. The van der Waals surface area contributed by atoms with Gasteiger partial charge in [-0.05, 0) is 42.8 Å². The molecule has 0 aliphatic heterocycles. The third kappa shape index (κ3) is 1.37.